The number of carbonyl (C=O) groups is 1. The Balaban J connectivity index is 1.89. The Labute approximate surface area is 164 Å². The topological polar surface area (TPSA) is 63.7 Å². The maximum Gasteiger partial charge on any atom is 0.422 e. The number of rotatable bonds is 4. The number of ether oxygens (including phenoxy) is 2. The van der Waals surface area contributed by atoms with Crippen LogP contribution in [-0.4, -0.2) is 18.8 Å². The molecule has 3 aliphatic carbocycles. The minimum absolute atomic E-state index is 0.273. The van der Waals surface area contributed by atoms with Gasteiger partial charge >= 0.3 is 12.1 Å². The first-order valence-corrected chi connectivity index (χ1v) is 8.79. The van der Waals surface area contributed by atoms with Gasteiger partial charge in [0, 0.05) is 5.41 Å². The van der Waals surface area contributed by atoms with E-state index < -0.39 is 46.6 Å². The lowest BCUT2D eigenvalue weighted by atomic mass is 9.58. The minimum Gasteiger partial charge on any atom is -0.495 e. The number of alkyl halides is 3. The van der Waals surface area contributed by atoms with Crippen LogP contribution in [0.15, 0.2) is 24.0 Å². The zero-order valence-corrected chi connectivity index (χ0v) is 15.4. The van der Waals surface area contributed by atoms with Crippen molar-refractivity contribution in [3.63, 3.8) is 0 Å². The van der Waals surface area contributed by atoms with E-state index in [1.807, 2.05) is 0 Å². The normalized spacial score (nSPS) is 25.6. The summed E-state index contributed by atoms with van der Waals surface area (Å²) in [6.45, 7) is 7.34. The van der Waals surface area contributed by atoms with Gasteiger partial charge in [0.2, 0.25) is 5.69 Å². The first-order chi connectivity index (χ1) is 13.5. The first kappa shape index (κ1) is 20.7. The smallest absolute Gasteiger partial charge is 0.422 e. The molecule has 5 nitrogen and oxygen atoms in total. The van der Waals surface area contributed by atoms with Crippen LogP contribution in [0.3, 0.4) is 0 Å². The van der Waals surface area contributed by atoms with Gasteiger partial charge in [-0.2, -0.15) is 18.4 Å². The molecule has 0 radical (unpaired) electrons. The third-order valence-corrected chi connectivity index (χ3v) is 5.55. The van der Waals surface area contributed by atoms with E-state index in [-0.39, 0.29) is 11.6 Å². The Kier molecular flexibility index (Phi) is 5.04. The van der Waals surface area contributed by atoms with Crippen LogP contribution in [0.25, 0.3) is 4.85 Å². The largest absolute Gasteiger partial charge is 0.495 e. The van der Waals surface area contributed by atoms with Crippen LogP contribution in [0.2, 0.25) is 0 Å². The molecule has 1 fully saturated rings. The fourth-order valence-electron chi connectivity index (χ4n) is 3.65. The quantitative estimate of drug-likeness (QED) is 0.290. The van der Waals surface area contributed by atoms with Crippen molar-refractivity contribution in [2.75, 3.05) is 6.61 Å². The van der Waals surface area contributed by atoms with Gasteiger partial charge in [-0.1, -0.05) is 6.92 Å². The number of halogens is 4. The van der Waals surface area contributed by atoms with Gasteiger partial charge < -0.3 is 9.47 Å². The standard InChI is InChI=1S/C20H16F4N2O3/c1-18-5-7-19(8-6-18,9-15(18)21)17(27)29-13-3-4-14(28-11-20(22,23)24)16(26-2)12(13)10-25/h3-4,9H,5-8,11H2,1H3. The molecule has 0 spiro atoms. The number of fused-ring (bicyclic) bond motifs is 2. The second kappa shape index (κ2) is 7.07. The van der Waals surface area contributed by atoms with Crippen molar-refractivity contribution in [3.8, 4) is 17.6 Å². The zero-order chi connectivity index (χ0) is 21.4. The van der Waals surface area contributed by atoms with Gasteiger partial charge in [-0.05, 0) is 43.9 Å². The molecule has 0 aromatic heterocycles. The molecule has 1 aromatic rings. The van der Waals surface area contributed by atoms with Gasteiger partial charge in [-0.25, -0.2) is 9.24 Å². The van der Waals surface area contributed by atoms with E-state index in [0.717, 1.165) is 12.1 Å². The summed E-state index contributed by atoms with van der Waals surface area (Å²) in [6, 6.07) is 3.81. The summed E-state index contributed by atoms with van der Waals surface area (Å²) in [5.74, 6) is -1.84. The number of hydrogen-bond acceptors (Lipinski definition) is 4. The van der Waals surface area contributed by atoms with Crippen molar-refractivity contribution >= 4 is 11.7 Å². The zero-order valence-electron chi connectivity index (χ0n) is 15.4. The number of allylic oxidation sites excluding steroid dienone is 1. The highest BCUT2D eigenvalue weighted by molar-refractivity contribution is 5.84. The van der Waals surface area contributed by atoms with Gasteiger partial charge in [0.25, 0.3) is 0 Å². The van der Waals surface area contributed by atoms with Crippen LogP contribution in [0.5, 0.6) is 11.5 Å². The van der Waals surface area contributed by atoms with Crippen LogP contribution in [0, 0.1) is 28.7 Å². The number of nitriles is 1. The Hall–Kier alpha value is -3.07. The molecule has 0 heterocycles. The van der Waals surface area contributed by atoms with Crippen LogP contribution in [0.1, 0.15) is 38.2 Å². The minimum atomic E-state index is -4.62. The fourth-order valence-corrected chi connectivity index (χ4v) is 3.65. The van der Waals surface area contributed by atoms with E-state index in [2.05, 4.69) is 9.58 Å². The molecule has 4 rings (SSSR count). The molecule has 0 atom stereocenters. The SMILES string of the molecule is [C-]#[N+]c1c(OCC(F)(F)F)ccc(OC(=O)C23C=C(F)C(C)(CC2)CC3)c1C#N. The lowest BCUT2D eigenvalue weighted by molar-refractivity contribution is -0.153. The second-order valence-corrected chi connectivity index (χ2v) is 7.51. The number of carbonyl (C=O) groups excluding carboxylic acids is 1. The number of esters is 1. The monoisotopic (exact) mass is 408 g/mol. The van der Waals surface area contributed by atoms with Gasteiger partial charge in [-0.15, -0.1) is 0 Å². The van der Waals surface area contributed by atoms with Gasteiger partial charge in [-0.3, -0.25) is 4.79 Å². The summed E-state index contributed by atoms with van der Waals surface area (Å²) in [5, 5.41) is 9.38. The van der Waals surface area contributed by atoms with E-state index in [1.165, 1.54) is 6.08 Å². The Morgan fingerprint density at radius 2 is 1.90 bits per heavy atom. The van der Waals surface area contributed by atoms with Gasteiger partial charge in [0.15, 0.2) is 6.61 Å². The summed E-state index contributed by atoms with van der Waals surface area (Å²) in [6.07, 6.45) is -1.62. The highest BCUT2D eigenvalue weighted by Crippen LogP contribution is 2.56. The second-order valence-electron chi connectivity index (χ2n) is 7.51. The van der Waals surface area contributed by atoms with Crippen molar-refractivity contribution < 1.29 is 31.8 Å². The summed E-state index contributed by atoms with van der Waals surface area (Å²) in [7, 11) is 0. The Morgan fingerprint density at radius 3 is 2.41 bits per heavy atom. The van der Waals surface area contributed by atoms with Crippen molar-refractivity contribution in [3.05, 3.63) is 41.0 Å². The molecule has 152 valence electrons. The molecule has 0 amide bonds. The fraction of sp³-hybridized carbons (Fsp3) is 0.450. The van der Waals surface area contributed by atoms with Crippen LogP contribution in [0.4, 0.5) is 23.2 Å². The van der Waals surface area contributed by atoms with Crippen LogP contribution < -0.4 is 9.47 Å². The highest BCUT2D eigenvalue weighted by Gasteiger charge is 2.52. The summed E-state index contributed by atoms with van der Waals surface area (Å²) in [5.41, 5.74) is -2.63. The Bertz CT molecular complexity index is 962. The number of nitrogens with zero attached hydrogens (tertiary/aromatic N) is 2. The first-order valence-electron chi connectivity index (χ1n) is 8.79. The third kappa shape index (κ3) is 3.77. The molecular weight excluding hydrogens is 392 g/mol. The Morgan fingerprint density at radius 1 is 1.28 bits per heavy atom. The maximum absolute atomic E-state index is 14.4. The molecule has 2 bridgehead atoms. The predicted octanol–water partition coefficient (Wildman–Crippen LogP) is 5.39. The molecular formula is C20H16F4N2O3. The third-order valence-electron chi connectivity index (χ3n) is 5.55. The van der Waals surface area contributed by atoms with Crippen molar-refractivity contribution in [2.24, 2.45) is 10.8 Å². The van der Waals surface area contributed by atoms with Crippen molar-refractivity contribution in [1.29, 1.82) is 5.26 Å². The maximum atomic E-state index is 14.4. The number of hydrogen-bond donors (Lipinski definition) is 0. The van der Waals surface area contributed by atoms with Gasteiger partial charge in [0.1, 0.15) is 22.9 Å². The van der Waals surface area contributed by atoms with Gasteiger partial charge in [0.05, 0.1) is 18.1 Å². The molecule has 0 saturated heterocycles. The van der Waals surface area contributed by atoms with Crippen molar-refractivity contribution in [2.45, 2.75) is 38.8 Å². The molecule has 1 saturated carbocycles. The molecule has 3 aliphatic rings. The van der Waals surface area contributed by atoms with Crippen molar-refractivity contribution in [1.82, 2.24) is 0 Å². The summed E-state index contributed by atoms with van der Waals surface area (Å²) >= 11 is 0. The molecule has 29 heavy (non-hydrogen) atoms. The predicted molar refractivity (Wildman–Crippen MR) is 92.8 cm³/mol. The number of benzene rings is 1. The van der Waals surface area contributed by atoms with E-state index >= 15 is 0 Å². The van der Waals surface area contributed by atoms with E-state index in [4.69, 9.17) is 11.3 Å². The van der Waals surface area contributed by atoms with E-state index in [0.29, 0.717) is 25.7 Å². The molecule has 0 N–H and O–H groups in total. The van der Waals surface area contributed by atoms with Crippen LogP contribution in [-0.2, 0) is 4.79 Å². The highest BCUT2D eigenvalue weighted by atomic mass is 19.4. The molecule has 9 heteroatoms. The average Bonchev–Trinajstić information content (AvgIpc) is 2.67. The lowest BCUT2D eigenvalue weighted by Crippen LogP contribution is -2.44. The lowest BCUT2D eigenvalue weighted by Gasteiger charge is -2.46. The molecule has 1 aromatic carbocycles. The summed E-state index contributed by atoms with van der Waals surface area (Å²) < 4.78 is 61.4. The van der Waals surface area contributed by atoms with E-state index in [9.17, 15) is 27.6 Å². The molecule has 0 aliphatic heterocycles. The van der Waals surface area contributed by atoms with Crippen LogP contribution >= 0.6 is 0 Å². The summed E-state index contributed by atoms with van der Waals surface area (Å²) in [4.78, 5) is 15.9. The molecule has 0 unspecified atom stereocenters. The average molecular weight is 408 g/mol. The van der Waals surface area contributed by atoms with E-state index in [1.54, 1.807) is 13.0 Å².